The van der Waals surface area contributed by atoms with Gasteiger partial charge in [0, 0.05) is 4.98 Å². The van der Waals surface area contributed by atoms with E-state index < -0.39 is 4.92 Å². The highest BCUT2D eigenvalue weighted by Crippen LogP contribution is 2.22. The van der Waals surface area contributed by atoms with Crippen molar-refractivity contribution in [3.8, 4) is 6.01 Å². The van der Waals surface area contributed by atoms with Gasteiger partial charge in [-0.1, -0.05) is 22.0 Å². The third-order valence-electron chi connectivity index (χ3n) is 2.23. The number of fused-ring (bicyclic) bond motifs is 1. The van der Waals surface area contributed by atoms with Crippen molar-refractivity contribution in [2.75, 3.05) is 13.2 Å². The molecule has 0 aromatic carbocycles. The molecule has 2 heterocycles. The van der Waals surface area contributed by atoms with Crippen LogP contribution in [-0.4, -0.2) is 33.8 Å². The molecule has 1 aliphatic rings. The van der Waals surface area contributed by atoms with Crippen LogP contribution in [0.3, 0.4) is 0 Å². The van der Waals surface area contributed by atoms with E-state index in [0.717, 1.165) is 0 Å². The van der Waals surface area contributed by atoms with Crippen LogP contribution in [-0.2, 0) is 11.3 Å². The van der Waals surface area contributed by atoms with Gasteiger partial charge in [0.05, 0.1) is 13.2 Å². The van der Waals surface area contributed by atoms with Crippen LogP contribution in [0.1, 0.15) is 0 Å². The highest BCUT2D eigenvalue weighted by Gasteiger charge is 2.27. The van der Waals surface area contributed by atoms with Gasteiger partial charge in [-0.05, 0) is 9.91 Å². The zero-order chi connectivity index (χ0) is 12.3. The number of hydrogen-bond acceptors (Lipinski definition) is 5. The summed E-state index contributed by atoms with van der Waals surface area (Å²) in [6.07, 6.45) is 3.04. The number of hydrogen-bond donors (Lipinski definition) is 0. The molecule has 0 unspecified atom stereocenters. The molecule has 2 rings (SSSR count). The van der Waals surface area contributed by atoms with E-state index in [1.807, 2.05) is 6.08 Å². The van der Waals surface area contributed by atoms with Crippen LogP contribution in [0.4, 0.5) is 5.82 Å². The molecule has 0 spiro atoms. The van der Waals surface area contributed by atoms with Gasteiger partial charge in [0.1, 0.15) is 18.9 Å². The van der Waals surface area contributed by atoms with Gasteiger partial charge in [0.2, 0.25) is 0 Å². The second kappa shape index (κ2) is 5.28. The molecule has 0 saturated heterocycles. The Morgan fingerprint density at radius 2 is 2.65 bits per heavy atom. The van der Waals surface area contributed by atoms with Gasteiger partial charge in [-0.3, -0.25) is 4.57 Å². The van der Waals surface area contributed by atoms with Gasteiger partial charge in [0.15, 0.2) is 0 Å². The first-order valence-corrected chi connectivity index (χ1v) is 5.83. The lowest BCUT2D eigenvalue weighted by atomic mass is 10.3. The van der Waals surface area contributed by atoms with E-state index in [1.54, 1.807) is 9.55 Å². The first kappa shape index (κ1) is 12.1. The topological polar surface area (TPSA) is 79.4 Å². The SMILES string of the molecule is O=[N+]([O-])c1cn2c(n1)OC[C@@H](OC/C=C\Br)C2. The number of imidazole rings is 1. The first-order valence-electron chi connectivity index (χ1n) is 4.92. The second-order valence-corrected chi connectivity index (χ2v) is 3.95. The number of rotatable bonds is 4. The highest BCUT2D eigenvalue weighted by atomic mass is 79.9. The van der Waals surface area contributed by atoms with Crippen LogP contribution in [0.25, 0.3) is 0 Å². The molecule has 0 aliphatic carbocycles. The van der Waals surface area contributed by atoms with Crippen molar-refractivity contribution < 1.29 is 14.4 Å². The van der Waals surface area contributed by atoms with E-state index >= 15 is 0 Å². The minimum absolute atomic E-state index is 0.125. The molecule has 1 aliphatic heterocycles. The summed E-state index contributed by atoms with van der Waals surface area (Å²) in [5.41, 5.74) is 0. The van der Waals surface area contributed by atoms with Crippen LogP contribution in [0, 0.1) is 10.1 Å². The van der Waals surface area contributed by atoms with E-state index in [2.05, 4.69) is 20.9 Å². The Morgan fingerprint density at radius 1 is 1.82 bits per heavy atom. The maximum absolute atomic E-state index is 10.5. The lowest BCUT2D eigenvalue weighted by molar-refractivity contribution is -0.389. The molecule has 0 amide bonds. The normalized spacial score (nSPS) is 19.0. The van der Waals surface area contributed by atoms with Crippen molar-refractivity contribution in [1.82, 2.24) is 9.55 Å². The molecule has 7 nitrogen and oxygen atoms in total. The molecule has 1 aromatic heterocycles. The summed E-state index contributed by atoms with van der Waals surface area (Å²) >= 11 is 3.14. The zero-order valence-corrected chi connectivity index (χ0v) is 10.4. The third-order valence-corrected chi connectivity index (χ3v) is 2.60. The van der Waals surface area contributed by atoms with Gasteiger partial charge in [-0.2, -0.15) is 0 Å². The largest absolute Gasteiger partial charge is 0.443 e. The molecular weight excluding hydrogens is 294 g/mol. The summed E-state index contributed by atoms with van der Waals surface area (Å²) in [4.78, 5) is 15.5. The Morgan fingerprint density at radius 3 is 3.35 bits per heavy atom. The number of halogens is 1. The van der Waals surface area contributed by atoms with E-state index in [-0.39, 0.29) is 17.9 Å². The van der Waals surface area contributed by atoms with Crippen molar-refractivity contribution in [2.24, 2.45) is 0 Å². The molecule has 8 heteroatoms. The van der Waals surface area contributed by atoms with Crippen molar-refractivity contribution >= 4 is 21.7 Å². The summed E-state index contributed by atoms with van der Waals surface area (Å²) in [6.45, 7) is 1.32. The fourth-order valence-corrected chi connectivity index (χ4v) is 1.64. The average molecular weight is 304 g/mol. The van der Waals surface area contributed by atoms with Crippen molar-refractivity contribution in [3.05, 3.63) is 27.4 Å². The first-order chi connectivity index (χ1) is 8.20. The van der Waals surface area contributed by atoms with Gasteiger partial charge in [0.25, 0.3) is 0 Å². The third kappa shape index (κ3) is 2.83. The van der Waals surface area contributed by atoms with Crippen molar-refractivity contribution in [2.45, 2.75) is 12.6 Å². The van der Waals surface area contributed by atoms with E-state index in [0.29, 0.717) is 19.8 Å². The Balaban J connectivity index is 2.00. The summed E-state index contributed by atoms with van der Waals surface area (Å²) in [7, 11) is 0. The van der Waals surface area contributed by atoms with Gasteiger partial charge in [-0.25, -0.2) is 0 Å². The Bertz CT molecular complexity index is 445. The molecule has 1 atom stereocenters. The van der Waals surface area contributed by atoms with Crippen LogP contribution in [0.15, 0.2) is 17.3 Å². The van der Waals surface area contributed by atoms with Crippen LogP contribution < -0.4 is 4.74 Å². The fraction of sp³-hybridized carbons (Fsp3) is 0.444. The maximum Gasteiger partial charge on any atom is 0.414 e. The summed E-state index contributed by atoms with van der Waals surface area (Å²) < 4.78 is 12.4. The summed E-state index contributed by atoms with van der Waals surface area (Å²) in [6, 6.07) is 0.271. The molecule has 17 heavy (non-hydrogen) atoms. The fourth-order valence-electron chi connectivity index (χ4n) is 1.49. The van der Waals surface area contributed by atoms with Gasteiger partial charge in [-0.15, -0.1) is 0 Å². The number of nitro groups is 1. The Hall–Kier alpha value is -1.41. The molecule has 0 N–H and O–H groups in total. The second-order valence-electron chi connectivity index (χ2n) is 3.42. The van der Waals surface area contributed by atoms with E-state index in [1.165, 1.54) is 6.20 Å². The lowest BCUT2D eigenvalue weighted by Gasteiger charge is -2.21. The van der Waals surface area contributed by atoms with E-state index in [9.17, 15) is 10.1 Å². The number of nitrogens with zero attached hydrogens (tertiary/aromatic N) is 3. The average Bonchev–Trinajstić information content (AvgIpc) is 2.72. The van der Waals surface area contributed by atoms with E-state index in [4.69, 9.17) is 9.47 Å². The van der Waals surface area contributed by atoms with Crippen LogP contribution in [0.5, 0.6) is 6.01 Å². The molecular formula is C9H10BrN3O4. The lowest BCUT2D eigenvalue weighted by Crippen LogP contribution is -2.32. The van der Waals surface area contributed by atoms with Crippen LogP contribution >= 0.6 is 15.9 Å². The molecule has 1 aromatic rings. The molecule has 0 radical (unpaired) electrons. The summed E-state index contributed by atoms with van der Waals surface area (Å²) in [5, 5.41) is 10.5. The minimum atomic E-state index is -0.544. The predicted octanol–water partition coefficient (Wildman–Crippen LogP) is 1.48. The quantitative estimate of drug-likeness (QED) is 0.622. The van der Waals surface area contributed by atoms with Gasteiger partial charge < -0.3 is 19.6 Å². The molecule has 92 valence electrons. The minimum Gasteiger partial charge on any atom is -0.443 e. The predicted molar refractivity (Wildman–Crippen MR) is 62.2 cm³/mol. The Labute approximate surface area is 105 Å². The maximum atomic E-state index is 10.5. The van der Waals surface area contributed by atoms with Crippen molar-refractivity contribution in [3.63, 3.8) is 0 Å². The molecule has 0 bridgehead atoms. The molecule has 0 saturated carbocycles. The number of ether oxygens (including phenoxy) is 2. The van der Waals surface area contributed by atoms with Gasteiger partial charge >= 0.3 is 11.8 Å². The smallest absolute Gasteiger partial charge is 0.414 e. The Kier molecular flexibility index (Phi) is 3.75. The monoisotopic (exact) mass is 303 g/mol. The zero-order valence-electron chi connectivity index (χ0n) is 8.78. The number of aromatic nitrogens is 2. The standard InChI is InChI=1S/C9H10BrN3O4/c10-2-1-3-16-7-4-12-5-8(13(14)15)11-9(12)17-6-7/h1-2,5,7H,3-4,6H2/b2-1-/t7-/m0/s1. The van der Waals surface area contributed by atoms with Crippen LogP contribution in [0.2, 0.25) is 0 Å². The highest BCUT2D eigenvalue weighted by molar-refractivity contribution is 9.11. The van der Waals surface area contributed by atoms with Crippen molar-refractivity contribution in [1.29, 1.82) is 0 Å². The summed E-state index contributed by atoms with van der Waals surface area (Å²) in [5.74, 6) is -0.207. The molecule has 0 fully saturated rings.